The van der Waals surface area contributed by atoms with Crippen LogP contribution in [0.15, 0.2) is 18.3 Å². The lowest BCUT2D eigenvalue weighted by molar-refractivity contribution is -0.0472. The largest absolute Gasteiger partial charge is 0.388 e. The van der Waals surface area contributed by atoms with Gasteiger partial charge in [0.25, 0.3) is 0 Å². The molecule has 3 nitrogen and oxygen atoms in total. The Morgan fingerprint density at radius 2 is 2.24 bits per heavy atom. The zero-order chi connectivity index (χ0) is 15.4. The lowest BCUT2D eigenvalue weighted by Crippen LogP contribution is -2.34. The highest BCUT2D eigenvalue weighted by Crippen LogP contribution is 2.35. The molecule has 3 unspecified atom stereocenters. The molecule has 2 N–H and O–H groups in total. The van der Waals surface area contributed by atoms with Crippen LogP contribution in [0.1, 0.15) is 51.3 Å². The topological polar surface area (TPSA) is 48.1 Å². The molecule has 2 rings (SSSR count). The SMILES string of the molecule is CC1CCC(C(C)C)C(OCc2ccnc(C(N)=S)c2)C1. The minimum Gasteiger partial charge on any atom is -0.388 e. The third-order valence-electron chi connectivity index (χ3n) is 4.50. The van der Waals surface area contributed by atoms with Gasteiger partial charge in [-0.1, -0.05) is 39.4 Å². The fraction of sp³-hybridized carbons (Fsp3) is 0.647. The summed E-state index contributed by atoms with van der Waals surface area (Å²) < 4.78 is 6.24. The Morgan fingerprint density at radius 1 is 1.48 bits per heavy atom. The fourth-order valence-electron chi connectivity index (χ4n) is 3.21. The summed E-state index contributed by atoms with van der Waals surface area (Å²) in [5, 5.41) is 0. The first kappa shape index (κ1) is 16.4. The second-order valence-electron chi connectivity index (χ2n) is 6.59. The van der Waals surface area contributed by atoms with Crippen molar-refractivity contribution < 1.29 is 4.74 Å². The smallest absolute Gasteiger partial charge is 0.122 e. The number of ether oxygens (including phenoxy) is 1. The molecule has 3 atom stereocenters. The van der Waals surface area contributed by atoms with Crippen molar-refractivity contribution in [3.8, 4) is 0 Å². The van der Waals surface area contributed by atoms with Crippen LogP contribution in [0, 0.1) is 17.8 Å². The third kappa shape index (κ3) is 4.48. The van der Waals surface area contributed by atoms with Crippen molar-refractivity contribution in [2.24, 2.45) is 23.5 Å². The van der Waals surface area contributed by atoms with Gasteiger partial charge in [0.15, 0.2) is 0 Å². The number of thiocarbonyl (C=S) groups is 1. The van der Waals surface area contributed by atoms with Crippen molar-refractivity contribution in [1.29, 1.82) is 0 Å². The normalized spacial score (nSPS) is 26.0. The molecule has 4 heteroatoms. The van der Waals surface area contributed by atoms with Gasteiger partial charge in [0.05, 0.1) is 18.4 Å². The number of pyridine rings is 1. The predicted octanol–water partition coefficient (Wildman–Crippen LogP) is 3.69. The third-order valence-corrected chi connectivity index (χ3v) is 4.71. The highest BCUT2D eigenvalue weighted by molar-refractivity contribution is 7.80. The molecule has 0 aromatic carbocycles. The molecule has 0 amide bonds. The molecule has 1 aromatic heterocycles. The second-order valence-corrected chi connectivity index (χ2v) is 7.03. The molecule has 1 saturated carbocycles. The van der Waals surface area contributed by atoms with Gasteiger partial charge in [0.1, 0.15) is 4.99 Å². The van der Waals surface area contributed by atoms with Gasteiger partial charge in [-0.15, -0.1) is 0 Å². The van der Waals surface area contributed by atoms with Gasteiger partial charge in [-0.3, -0.25) is 4.98 Å². The Kier molecular flexibility index (Phi) is 5.71. The van der Waals surface area contributed by atoms with E-state index >= 15 is 0 Å². The molecule has 21 heavy (non-hydrogen) atoms. The van der Waals surface area contributed by atoms with Crippen molar-refractivity contribution >= 4 is 17.2 Å². The first-order valence-electron chi connectivity index (χ1n) is 7.83. The molecule has 0 radical (unpaired) electrons. The van der Waals surface area contributed by atoms with Gasteiger partial charge in [-0.25, -0.2) is 0 Å². The summed E-state index contributed by atoms with van der Waals surface area (Å²) >= 11 is 4.97. The van der Waals surface area contributed by atoms with Crippen LogP contribution in [-0.2, 0) is 11.3 Å². The Bertz CT molecular complexity index is 489. The van der Waals surface area contributed by atoms with E-state index < -0.39 is 0 Å². The molecule has 0 bridgehead atoms. The number of hydrogen-bond acceptors (Lipinski definition) is 3. The maximum absolute atomic E-state index is 6.24. The summed E-state index contributed by atoms with van der Waals surface area (Å²) in [6.45, 7) is 7.53. The van der Waals surface area contributed by atoms with Crippen LogP contribution in [0.5, 0.6) is 0 Å². The van der Waals surface area contributed by atoms with E-state index in [0.29, 0.717) is 35.2 Å². The molecule has 0 saturated heterocycles. The van der Waals surface area contributed by atoms with Gasteiger partial charge < -0.3 is 10.5 Å². The Morgan fingerprint density at radius 3 is 2.90 bits per heavy atom. The zero-order valence-electron chi connectivity index (χ0n) is 13.2. The summed E-state index contributed by atoms with van der Waals surface area (Å²) in [5.74, 6) is 2.10. The fourth-order valence-corrected chi connectivity index (χ4v) is 3.32. The summed E-state index contributed by atoms with van der Waals surface area (Å²) in [4.78, 5) is 4.50. The number of aromatic nitrogens is 1. The average molecular weight is 306 g/mol. The Labute approximate surface area is 133 Å². The standard InChI is InChI=1S/C17H26N2OS/c1-11(2)14-5-4-12(3)8-16(14)20-10-13-6-7-19-15(9-13)17(18)21/h6-7,9,11-12,14,16H,4-5,8,10H2,1-3H3,(H2,18,21). The molecule has 116 valence electrons. The Hall–Kier alpha value is -1.00. The van der Waals surface area contributed by atoms with Crippen LogP contribution in [-0.4, -0.2) is 16.1 Å². The number of rotatable bonds is 5. The van der Waals surface area contributed by atoms with Gasteiger partial charge in [-0.05, 0) is 48.3 Å². The first-order chi connectivity index (χ1) is 9.97. The monoisotopic (exact) mass is 306 g/mol. The van der Waals surface area contributed by atoms with Gasteiger partial charge in [-0.2, -0.15) is 0 Å². The molecule has 1 heterocycles. The van der Waals surface area contributed by atoms with E-state index in [1.54, 1.807) is 6.20 Å². The van der Waals surface area contributed by atoms with Gasteiger partial charge in [0, 0.05) is 6.20 Å². The number of hydrogen-bond donors (Lipinski definition) is 1. The molecule has 1 aliphatic carbocycles. The minimum absolute atomic E-state index is 0.336. The summed E-state index contributed by atoms with van der Waals surface area (Å²) in [6, 6.07) is 3.90. The average Bonchev–Trinajstić information content (AvgIpc) is 2.45. The van der Waals surface area contributed by atoms with Crippen LogP contribution in [0.2, 0.25) is 0 Å². The van der Waals surface area contributed by atoms with E-state index in [0.717, 1.165) is 17.9 Å². The van der Waals surface area contributed by atoms with Crippen LogP contribution < -0.4 is 5.73 Å². The van der Waals surface area contributed by atoms with Gasteiger partial charge >= 0.3 is 0 Å². The number of nitrogens with two attached hydrogens (primary N) is 1. The van der Waals surface area contributed by atoms with E-state index in [1.165, 1.54) is 12.8 Å². The van der Waals surface area contributed by atoms with E-state index in [9.17, 15) is 0 Å². The van der Waals surface area contributed by atoms with E-state index in [2.05, 4.69) is 25.8 Å². The van der Waals surface area contributed by atoms with Crippen molar-refractivity contribution in [2.75, 3.05) is 0 Å². The van der Waals surface area contributed by atoms with E-state index in [4.69, 9.17) is 22.7 Å². The first-order valence-corrected chi connectivity index (χ1v) is 8.24. The molecular formula is C17H26N2OS. The molecule has 0 aliphatic heterocycles. The lowest BCUT2D eigenvalue weighted by Gasteiger charge is -2.37. The second kappa shape index (κ2) is 7.32. The van der Waals surface area contributed by atoms with Crippen LogP contribution in [0.25, 0.3) is 0 Å². The van der Waals surface area contributed by atoms with Crippen molar-refractivity contribution in [3.63, 3.8) is 0 Å². The zero-order valence-corrected chi connectivity index (χ0v) is 14.0. The minimum atomic E-state index is 0.336. The van der Waals surface area contributed by atoms with Crippen LogP contribution in [0.4, 0.5) is 0 Å². The summed E-state index contributed by atoms with van der Waals surface area (Å²) in [5.41, 5.74) is 7.39. The maximum atomic E-state index is 6.24. The highest BCUT2D eigenvalue weighted by atomic mass is 32.1. The molecule has 1 aliphatic rings. The predicted molar refractivity (Wildman–Crippen MR) is 90.0 cm³/mol. The molecule has 0 spiro atoms. The lowest BCUT2D eigenvalue weighted by atomic mass is 9.75. The number of nitrogens with zero attached hydrogens (tertiary/aromatic N) is 1. The van der Waals surface area contributed by atoms with Crippen molar-refractivity contribution in [2.45, 2.75) is 52.7 Å². The van der Waals surface area contributed by atoms with E-state index in [1.807, 2.05) is 12.1 Å². The van der Waals surface area contributed by atoms with Crippen molar-refractivity contribution in [1.82, 2.24) is 4.98 Å². The molecular weight excluding hydrogens is 280 g/mol. The highest BCUT2D eigenvalue weighted by Gasteiger charge is 2.31. The van der Waals surface area contributed by atoms with E-state index in [-0.39, 0.29) is 0 Å². The Balaban J connectivity index is 2.00. The van der Waals surface area contributed by atoms with Crippen LogP contribution >= 0.6 is 12.2 Å². The summed E-state index contributed by atoms with van der Waals surface area (Å²) in [6.07, 6.45) is 5.86. The summed E-state index contributed by atoms with van der Waals surface area (Å²) in [7, 11) is 0. The van der Waals surface area contributed by atoms with Gasteiger partial charge in [0.2, 0.25) is 0 Å². The quantitative estimate of drug-likeness (QED) is 0.843. The van der Waals surface area contributed by atoms with Crippen molar-refractivity contribution in [3.05, 3.63) is 29.6 Å². The molecule has 1 fully saturated rings. The molecule has 1 aromatic rings. The van der Waals surface area contributed by atoms with Crippen LogP contribution in [0.3, 0.4) is 0 Å². The maximum Gasteiger partial charge on any atom is 0.122 e.